The van der Waals surface area contributed by atoms with Crippen LogP contribution in [0, 0.1) is 0 Å². The summed E-state index contributed by atoms with van der Waals surface area (Å²) in [4.78, 5) is 33.7. The Kier molecular flexibility index (Phi) is 6.69. The normalized spacial score (nSPS) is 15.4. The van der Waals surface area contributed by atoms with Crippen molar-refractivity contribution in [3.63, 3.8) is 0 Å². The molecule has 9 nitrogen and oxygen atoms in total. The number of piperidine rings is 1. The van der Waals surface area contributed by atoms with Crippen molar-refractivity contribution in [2.24, 2.45) is 0 Å². The number of ether oxygens (including phenoxy) is 2. The van der Waals surface area contributed by atoms with E-state index in [-0.39, 0.29) is 41.2 Å². The number of carbonyl (C=O) groups excluding carboxylic acids is 2. The number of esters is 1. The number of halogens is 1. The zero-order valence-electron chi connectivity index (χ0n) is 16.0. The highest BCUT2D eigenvalue weighted by Crippen LogP contribution is 2.25. The third kappa shape index (κ3) is 5.85. The number of hydrogen-bond acceptors (Lipinski definition) is 8. The highest BCUT2D eigenvalue weighted by molar-refractivity contribution is 6.28. The lowest BCUT2D eigenvalue weighted by Gasteiger charge is -2.34. The molecule has 1 aromatic heterocycles. The summed E-state index contributed by atoms with van der Waals surface area (Å²) in [6.07, 6.45) is 1.03. The molecule has 0 unspecified atom stereocenters. The van der Waals surface area contributed by atoms with Gasteiger partial charge in [-0.15, -0.1) is 0 Å². The second-order valence-corrected chi connectivity index (χ2v) is 7.55. The Labute approximate surface area is 163 Å². The molecule has 2 rings (SSSR count). The van der Waals surface area contributed by atoms with Gasteiger partial charge in [0.05, 0.1) is 6.61 Å². The molecule has 3 N–H and O–H groups in total. The fourth-order valence-electron chi connectivity index (χ4n) is 2.63. The summed E-state index contributed by atoms with van der Waals surface area (Å²) in [7, 11) is 0. The minimum absolute atomic E-state index is 0.0204. The minimum atomic E-state index is -0.651. The first-order valence-electron chi connectivity index (χ1n) is 8.85. The van der Waals surface area contributed by atoms with E-state index in [2.05, 4.69) is 15.3 Å². The molecule has 0 spiro atoms. The lowest BCUT2D eigenvalue weighted by molar-refractivity contribution is 0.0210. The van der Waals surface area contributed by atoms with Gasteiger partial charge in [0, 0.05) is 19.1 Å². The van der Waals surface area contributed by atoms with Gasteiger partial charge in [0.2, 0.25) is 5.28 Å². The Balaban J connectivity index is 2.01. The predicted octanol–water partition coefficient (Wildman–Crippen LogP) is 2.70. The van der Waals surface area contributed by atoms with E-state index in [1.54, 1.807) is 11.8 Å². The van der Waals surface area contributed by atoms with Crippen molar-refractivity contribution < 1.29 is 19.1 Å². The molecule has 1 amide bonds. The maximum Gasteiger partial charge on any atom is 0.410 e. The maximum absolute atomic E-state index is 12.1. The number of carbonyl (C=O) groups is 2. The number of nitrogen functional groups attached to an aromatic ring is 1. The van der Waals surface area contributed by atoms with Crippen LogP contribution < -0.4 is 11.1 Å². The SMILES string of the molecule is CCOC(=O)c1nc(Cl)nc(NC2CCN(C(=O)OC(C)(C)C)CC2)c1N. The molecular weight excluding hydrogens is 374 g/mol. The molecule has 1 aliphatic heterocycles. The van der Waals surface area contributed by atoms with Crippen LogP contribution in [0.15, 0.2) is 0 Å². The van der Waals surface area contributed by atoms with E-state index < -0.39 is 11.6 Å². The Morgan fingerprint density at radius 2 is 1.93 bits per heavy atom. The van der Waals surface area contributed by atoms with Crippen molar-refractivity contribution in [1.82, 2.24) is 14.9 Å². The molecule has 1 aliphatic rings. The third-order valence-electron chi connectivity index (χ3n) is 3.87. The van der Waals surface area contributed by atoms with Gasteiger partial charge >= 0.3 is 12.1 Å². The fourth-order valence-corrected chi connectivity index (χ4v) is 2.80. The maximum atomic E-state index is 12.1. The lowest BCUT2D eigenvalue weighted by atomic mass is 10.1. The average Bonchev–Trinajstić information content (AvgIpc) is 2.57. The Morgan fingerprint density at radius 3 is 2.48 bits per heavy atom. The number of anilines is 2. The Morgan fingerprint density at radius 1 is 1.30 bits per heavy atom. The number of nitrogens with zero attached hydrogens (tertiary/aromatic N) is 3. The molecule has 1 aromatic rings. The van der Waals surface area contributed by atoms with E-state index in [9.17, 15) is 9.59 Å². The molecule has 1 fully saturated rings. The number of nitrogens with two attached hydrogens (primary N) is 1. The molecule has 0 radical (unpaired) electrons. The number of amides is 1. The van der Waals surface area contributed by atoms with E-state index in [1.807, 2.05) is 20.8 Å². The fraction of sp³-hybridized carbons (Fsp3) is 0.647. The number of likely N-dealkylation sites (tertiary alicyclic amines) is 1. The van der Waals surface area contributed by atoms with Gasteiger partial charge < -0.3 is 25.4 Å². The molecule has 27 heavy (non-hydrogen) atoms. The van der Waals surface area contributed by atoms with Crippen LogP contribution in [0.4, 0.5) is 16.3 Å². The van der Waals surface area contributed by atoms with Crippen LogP contribution in [0.3, 0.4) is 0 Å². The Bertz CT molecular complexity index is 699. The summed E-state index contributed by atoms with van der Waals surface area (Å²) in [5.41, 5.74) is 5.51. The molecule has 150 valence electrons. The second kappa shape index (κ2) is 8.60. The highest BCUT2D eigenvalue weighted by Gasteiger charge is 2.28. The first-order chi connectivity index (χ1) is 12.6. The smallest absolute Gasteiger partial charge is 0.410 e. The van der Waals surface area contributed by atoms with Gasteiger partial charge in [-0.05, 0) is 52.1 Å². The molecule has 2 heterocycles. The zero-order chi connectivity index (χ0) is 20.2. The first-order valence-corrected chi connectivity index (χ1v) is 9.23. The van der Waals surface area contributed by atoms with Gasteiger partial charge in [0.15, 0.2) is 11.5 Å². The van der Waals surface area contributed by atoms with Crippen molar-refractivity contribution in [2.45, 2.75) is 52.2 Å². The van der Waals surface area contributed by atoms with Crippen molar-refractivity contribution >= 4 is 35.2 Å². The van der Waals surface area contributed by atoms with E-state index >= 15 is 0 Å². The monoisotopic (exact) mass is 399 g/mol. The third-order valence-corrected chi connectivity index (χ3v) is 4.04. The standard InChI is InChI=1S/C17H26ClN5O4/c1-5-26-14(24)12-11(19)13(22-15(18)21-12)20-10-6-8-23(9-7-10)16(25)27-17(2,3)4/h10H,5-9,19H2,1-4H3,(H,20,21,22). The number of aromatic nitrogens is 2. The summed E-state index contributed by atoms with van der Waals surface area (Å²) in [6, 6.07) is 0.0204. The van der Waals surface area contributed by atoms with Crippen molar-refractivity contribution in [3.05, 3.63) is 11.0 Å². The molecule has 1 saturated heterocycles. The predicted molar refractivity (Wildman–Crippen MR) is 102 cm³/mol. The summed E-state index contributed by atoms with van der Waals surface area (Å²) >= 11 is 5.92. The van der Waals surface area contributed by atoms with Crippen LogP contribution in [-0.4, -0.2) is 58.3 Å². The second-order valence-electron chi connectivity index (χ2n) is 7.21. The van der Waals surface area contributed by atoms with Crippen LogP contribution in [-0.2, 0) is 9.47 Å². The van der Waals surface area contributed by atoms with Crippen LogP contribution in [0.2, 0.25) is 5.28 Å². The van der Waals surface area contributed by atoms with Gasteiger partial charge in [-0.25, -0.2) is 14.6 Å². The number of rotatable bonds is 4. The van der Waals surface area contributed by atoms with Crippen LogP contribution in [0.25, 0.3) is 0 Å². The van der Waals surface area contributed by atoms with E-state index in [1.165, 1.54) is 0 Å². The van der Waals surface area contributed by atoms with E-state index in [4.69, 9.17) is 26.8 Å². The van der Waals surface area contributed by atoms with Gasteiger partial charge in [-0.2, -0.15) is 4.98 Å². The zero-order valence-corrected chi connectivity index (χ0v) is 16.8. The van der Waals surface area contributed by atoms with Crippen molar-refractivity contribution in [1.29, 1.82) is 0 Å². The minimum Gasteiger partial charge on any atom is -0.461 e. The molecule has 0 bridgehead atoms. The van der Waals surface area contributed by atoms with Crippen molar-refractivity contribution in [3.8, 4) is 0 Å². The summed E-state index contributed by atoms with van der Waals surface area (Å²) in [5.74, 6) is -0.365. The van der Waals surface area contributed by atoms with Gasteiger partial charge in [0.1, 0.15) is 11.3 Å². The van der Waals surface area contributed by atoms with Gasteiger partial charge in [-0.1, -0.05) is 0 Å². The van der Waals surface area contributed by atoms with Crippen molar-refractivity contribution in [2.75, 3.05) is 30.7 Å². The quantitative estimate of drug-likeness (QED) is 0.585. The summed E-state index contributed by atoms with van der Waals surface area (Å²) in [5, 5.41) is 3.09. The average molecular weight is 400 g/mol. The Hall–Kier alpha value is -2.29. The van der Waals surface area contributed by atoms with Crippen LogP contribution in [0.5, 0.6) is 0 Å². The van der Waals surface area contributed by atoms with Gasteiger partial charge in [-0.3, -0.25) is 0 Å². The van der Waals surface area contributed by atoms with Crippen LogP contribution >= 0.6 is 11.6 Å². The van der Waals surface area contributed by atoms with Crippen LogP contribution in [0.1, 0.15) is 51.0 Å². The molecule has 0 saturated carbocycles. The topological polar surface area (TPSA) is 120 Å². The van der Waals surface area contributed by atoms with E-state index in [0.29, 0.717) is 25.9 Å². The summed E-state index contributed by atoms with van der Waals surface area (Å²) < 4.78 is 10.3. The van der Waals surface area contributed by atoms with Gasteiger partial charge in [0.25, 0.3) is 0 Å². The largest absolute Gasteiger partial charge is 0.461 e. The highest BCUT2D eigenvalue weighted by atomic mass is 35.5. The summed E-state index contributed by atoms with van der Waals surface area (Å²) in [6.45, 7) is 8.47. The first kappa shape index (κ1) is 21.0. The molecular formula is C17H26ClN5O4. The molecule has 0 atom stereocenters. The number of nitrogens with one attached hydrogen (secondary N) is 1. The van der Waals surface area contributed by atoms with E-state index in [0.717, 1.165) is 0 Å². The molecule has 0 aromatic carbocycles. The number of hydrogen-bond donors (Lipinski definition) is 2. The molecule has 10 heteroatoms. The lowest BCUT2D eigenvalue weighted by Crippen LogP contribution is -2.44. The molecule has 0 aliphatic carbocycles.